The van der Waals surface area contributed by atoms with Gasteiger partial charge in [-0.3, -0.25) is 9.59 Å². The summed E-state index contributed by atoms with van der Waals surface area (Å²) in [6.07, 6.45) is 3.30. The predicted octanol–water partition coefficient (Wildman–Crippen LogP) is 1.27. The number of carboxylic acid groups (broad SMARTS) is 1. The molecular weight excluding hydrogens is 340 g/mol. The van der Waals surface area contributed by atoms with Crippen LogP contribution in [-0.4, -0.2) is 35.5 Å². The summed E-state index contributed by atoms with van der Waals surface area (Å²) >= 11 is 0. The molecule has 0 bridgehead atoms. The molecule has 3 rings (SSSR count). The van der Waals surface area contributed by atoms with Crippen molar-refractivity contribution in [1.82, 2.24) is 10.6 Å². The van der Waals surface area contributed by atoms with E-state index in [0.29, 0.717) is 18.6 Å². The van der Waals surface area contributed by atoms with Crippen LogP contribution in [0.2, 0.25) is 0 Å². The number of rotatable bonds is 6. The molecule has 1 aromatic heterocycles. The Kier molecular flexibility index (Phi) is 4.92. The third-order valence-corrected chi connectivity index (χ3v) is 4.10. The summed E-state index contributed by atoms with van der Waals surface area (Å²) in [6.45, 7) is 2.03. The molecule has 26 heavy (non-hydrogen) atoms. The van der Waals surface area contributed by atoms with Crippen LogP contribution in [0, 0.1) is 0 Å². The van der Waals surface area contributed by atoms with Gasteiger partial charge in [0.1, 0.15) is 18.1 Å². The van der Waals surface area contributed by atoms with Gasteiger partial charge < -0.3 is 24.9 Å². The number of ether oxygens (including phenoxy) is 1. The number of furan rings is 1. The van der Waals surface area contributed by atoms with Gasteiger partial charge in [0, 0.05) is 6.42 Å². The van der Waals surface area contributed by atoms with Crippen molar-refractivity contribution in [2.45, 2.75) is 25.4 Å². The molecule has 1 aromatic carbocycles. The van der Waals surface area contributed by atoms with E-state index in [0.717, 1.165) is 11.3 Å². The minimum atomic E-state index is -1.22. The molecule has 2 atom stereocenters. The minimum absolute atomic E-state index is 0.276. The summed E-state index contributed by atoms with van der Waals surface area (Å²) in [5.41, 5.74) is 1.63. The third kappa shape index (κ3) is 3.69. The fourth-order valence-electron chi connectivity index (χ4n) is 2.68. The van der Waals surface area contributed by atoms with Crippen LogP contribution in [0.4, 0.5) is 0 Å². The van der Waals surface area contributed by atoms with E-state index in [2.05, 4.69) is 10.6 Å². The zero-order valence-electron chi connectivity index (χ0n) is 14.0. The first-order valence-corrected chi connectivity index (χ1v) is 8.07. The van der Waals surface area contributed by atoms with Crippen LogP contribution in [0.1, 0.15) is 34.5 Å². The molecule has 2 amide bonds. The average Bonchev–Trinajstić information content (AvgIpc) is 3.29. The van der Waals surface area contributed by atoms with Crippen LogP contribution >= 0.6 is 0 Å². The number of hydrogen-bond donors (Lipinski definition) is 3. The molecule has 3 N–H and O–H groups in total. The largest absolute Gasteiger partial charge is 0.493 e. The number of amides is 2. The Hall–Kier alpha value is -3.29. The number of nitrogens with one attached hydrogen (secondary N) is 2. The Morgan fingerprint density at radius 3 is 2.69 bits per heavy atom. The molecule has 136 valence electrons. The molecule has 0 radical (unpaired) electrons. The first-order valence-electron chi connectivity index (χ1n) is 8.07. The molecule has 0 aliphatic carbocycles. The number of carbonyl (C=O) groups excluding carboxylic acids is 2. The van der Waals surface area contributed by atoms with Gasteiger partial charge in [-0.2, -0.15) is 0 Å². The molecule has 0 saturated carbocycles. The zero-order valence-corrected chi connectivity index (χ0v) is 14.0. The van der Waals surface area contributed by atoms with E-state index in [4.69, 9.17) is 9.15 Å². The van der Waals surface area contributed by atoms with Gasteiger partial charge in [-0.05, 0) is 36.2 Å². The summed E-state index contributed by atoms with van der Waals surface area (Å²) in [7, 11) is 0. The Morgan fingerprint density at radius 2 is 2.00 bits per heavy atom. The van der Waals surface area contributed by atoms with E-state index in [-0.39, 0.29) is 5.56 Å². The monoisotopic (exact) mass is 358 g/mol. The van der Waals surface area contributed by atoms with Crippen molar-refractivity contribution in [2.75, 3.05) is 6.61 Å². The molecule has 0 fully saturated rings. The van der Waals surface area contributed by atoms with E-state index in [1.165, 1.54) is 25.5 Å². The molecule has 0 spiro atoms. The van der Waals surface area contributed by atoms with Gasteiger partial charge in [-0.25, -0.2) is 4.79 Å². The average molecular weight is 358 g/mol. The highest BCUT2D eigenvalue weighted by Crippen LogP contribution is 2.28. The van der Waals surface area contributed by atoms with E-state index >= 15 is 0 Å². The van der Waals surface area contributed by atoms with Crippen molar-refractivity contribution in [3.63, 3.8) is 0 Å². The highest BCUT2D eigenvalue weighted by atomic mass is 16.5. The Labute approximate surface area is 149 Å². The van der Waals surface area contributed by atoms with Crippen molar-refractivity contribution in [2.24, 2.45) is 0 Å². The summed E-state index contributed by atoms with van der Waals surface area (Å²) in [4.78, 5) is 35.9. The maximum Gasteiger partial charge on any atom is 0.330 e. The number of aliphatic carboxylic acids is 1. The van der Waals surface area contributed by atoms with Gasteiger partial charge in [0.25, 0.3) is 5.91 Å². The predicted molar refractivity (Wildman–Crippen MR) is 89.8 cm³/mol. The maximum atomic E-state index is 12.3. The van der Waals surface area contributed by atoms with Gasteiger partial charge in [0.15, 0.2) is 6.04 Å². The molecule has 2 aromatic rings. The molecule has 8 heteroatoms. The van der Waals surface area contributed by atoms with Crippen LogP contribution < -0.4 is 15.4 Å². The smallest absolute Gasteiger partial charge is 0.330 e. The molecule has 1 aliphatic heterocycles. The maximum absolute atomic E-state index is 12.3. The quantitative estimate of drug-likeness (QED) is 0.716. The standard InChI is InChI=1S/C18H18N2O6/c1-10(19-17(22)13-4-6-25-9-13)16(21)20-15(18(23)24)12-2-3-14-11(8-12)5-7-26-14/h2-4,6,8-10,15H,5,7H2,1H3,(H,19,22)(H,20,21)(H,23,24). The number of fused-ring (bicyclic) bond motifs is 1. The van der Waals surface area contributed by atoms with Gasteiger partial charge in [0.2, 0.25) is 5.91 Å². The summed E-state index contributed by atoms with van der Waals surface area (Å²) in [5.74, 6) is -1.55. The lowest BCUT2D eigenvalue weighted by Crippen LogP contribution is -2.47. The lowest BCUT2D eigenvalue weighted by molar-refractivity contribution is -0.142. The Bertz CT molecular complexity index is 830. The highest BCUT2D eigenvalue weighted by molar-refractivity contribution is 5.97. The minimum Gasteiger partial charge on any atom is -0.493 e. The van der Waals surface area contributed by atoms with Crippen molar-refractivity contribution >= 4 is 17.8 Å². The number of benzene rings is 1. The third-order valence-electron chi connectivity index (χ3n) is 4.10. The van der Waals surface area contributed by atoms with Gasteiger partial charge in [-0.15, -0.1) is 0 Å². The van der Waals surface area contributed by atoms with Crippen LogP contribution in [0.5, 0.6) is 5.75 Å². The van der Waals surface area contributed by atoms with E-state index in [1.54, 1.807) is 18.2 Å². The van der Waals surface area contributed by atoms with E-state index < -0.39 is 29.9 Å². The van der Waals surface area contributed by atoms with Crippen LogP contribution in [0.15, 0.2) is 41.2 Å². The molecule has 2 heterocycles. The second kappa shape index (κ2) is 7.30. The first-order chi connectivity index (χ1) is 12.5. The topological polar surface area (TPSA) is 118 Å². The lowest BCUT2D eigenvalue weighted by atomic mass is 10.0. The molecule has 0 saturated heterocycles. The Morgan fingerprint density at radius 1 is 1.19 bits per heavy atom. The van der Waals surface area contributed by atoms with E-state index in [1.807, 2.05) is 0 Å². The van der Waals surface area contributed by atoms with Crippen LogP contribution in [0.25, 0.3) is 0 Å². The van der Waals surface area contributed by atoms with Gasteiger partial charge in [-0.1, -0.05) is 6.07 Å². The number of carboxylic acids is 1. The normalized spacial score (nSPS) is 14.7. The Balaban J connectivity index is 1.68. The summed E-state index contributed by atoms with van der Waals surface area (Å²) in [6, 6.07) is 4.35. The van der Waals surface area contributed by atoms with Crippen molar-refractivity contribution in [3.05, 3.63) is 53.5 Å². The first kappa shape index (κ1) is 17.5. The zero-order chi connectivity index (χ0) is 18.7. The number of hydrogen-bond acceptors (Lipinski definition) is 5. The number of carbonyl (C=O) groups is 3. The fraction of sp³-hybridized carbons (Fsp3) is 0.278. The molecular formula is C18H18N2O6. The second-order valence-corrected chi connectivity index (χ2v) is 5.95. The van der Waals surface area contributed by atoms with Crippen LogP contribution in [0.3, 0.4) is 0 Å². The summed E-state index contributed by atoms with van der Waals surface area (Å²) < 4.78 is 10.2. The molecule has 1 aliphatic rings. The van der Waals surface area contributed by atoms with Crippen molar-refractivity contribution in [1.29, 1.82) is 0 Å². The molecule has 8 nitrogen and oxygen atoms in total. The molecule has 2 unspecified atom stereocenters. The van der Waals surface area contributed by atoms with Gasteiger partial charge >= 0.3 is 5.97 Å². The summed E-state index contributed by atoms with van der Waals surface area (Å²) in [5, 5.41) is 14.4. The lowest BCUT2D eigenvalue weighted by Gasteiger charge is -2.19. The highest BCUT2D eigenvalue weighted by Gasteiger charge is 2.27. The second-order valence-electron chi connectivity index (χ2n) is 5.95. The SMILES string of the molecule is CC(NC(=O)c1ccoc1)C(=O)NC(C(=O)O)c1ccc2c(c1)CCO2. The van der Waals surface area contributed by atoms with Crippen molar-refractivity contribution < 1.29 is 28.6 Å². The van der Waals surface area contributed by atoms with Gasteiger partial charge in [0.05, 0.1) is 18.4 Å². The van der Waals surface area contributed by atoms with E-state index in [9.17, 15) is 19.5 Å². The van der Waals surface area contributed by atoms with Crippen LogP contribution in [-0.2, 0) is 16.0 Å². The fourth-order valence-corrected chi connectivity index (χ4v) is 2.68. The van der Waals surface area contributed by atoms with Crippen molar-refractivity contribution in [3.8, 4) is 5.75 Å².